The van der Waals surface area contributed by atoms with Crippen LogP contribution in [0.3, 0.4) is 0 Å². The van der Waals surface area contributed by atoms with Gasteiger partial charge in [-0.2, -0.15) is 4.39 Å². The van der Waals surface area contributed by atoms with Crippen LogP contribution in [0.2, 0.25) is 0 Å². The van der Waals surface area contributed by atoms with Crippen LogP contribution in [0.15, 0.2) is 46.4 Å². The van der Waals surface area contributed by atoms with Crippen molar-refractivity contribution in [2.45, 2.75) is 92.4 Å². The second kappa shape index (κ2) is 10.8. The molecule has 0 aromatic heterocycles. The molecule has 3 heteroatoms. The molecule has 2 rings (SSSR count). The SMILES string of the molecule is CC(CC(F)=Nc1c(C(C)C)cccc1C(C)C)=Nc1c(C(C)C)cccc1C(C)C. The van der Waals surface area contributed by atoms with Gasteiger partial charge in [0, 0.05) is 5.71 Å². The number of nitrogens with zero attached hydrogens (tertiary/aromatic N) is 2. The number of para-hydroxylation sites is 2. The Morgan fingerprint density at radius 2 is 0.968 bits per heavy atom. The maximum atomic E-state index is 15.1. The van der Waals surface area contributed by atoms with Crippen molar-refractivity contribution in [3.05, 3.63) is 58.7 Å². The van der Waals surface area contributed by atoms with Crippen molar-refractivity contribution in [3.8, 4) is 0 Å². The Balaban J connectivity index is 2.46. The largest absolute Gasteiger partial charge is 0.257 e. The summed E-state index contributed by atoms with van der Waals surface area (Å²) in [5.74, 6) is 0.896. The number of halogens is 1. The van der Waals surface area contributed by atoms with Crippen molar-refractivity contribution < 1.29 is 4.39 Å². The van der Waals surface area contributed by atoms with E-state index in [2.05, 4.69) is 90.7 Å². The van der Waals surface area contributed by atoms with Gasteiger partial charge in [0.05, 0.1) is 17.8 Å². The zero-order valence-electron chi connectivity index (χ0n) is 20.8. The number of hydrogen-bond donors (Lipinski definition) is 0. The molecule has 0 aliphatic carbocycles. The molecule has 0 saturated heterocycles. The van der Waals surface area contributed by atoms with E-state index in [9.17, 15) is 0 Å². The Morgan fingerprint density at radius 1 is 0.645 bits per heavy atom. The Labute approximate surface area is 188 Å². The predicted octanol–water partition coefficient (Wildman–Crippen LogP) is 9.36. The molecule has 0 saturated carbocycles. The van der Waals surface area contributed by atoms with Crippen LogP contribution in [-0.4, -0.2) is 11.7 Å². The summed E-state index contributed by atoms with van der Waals surface area (Å²) in [5.41, 5.74) is 7.09. The number of hydrogen-bond acceptors (Lipinski definition) is 2. The molecule has 2 aromatic carbocycles. The van der Waals surface area contributed by atoms with E-state index in [1.165, 1.54) is 11.1 Å². The summed E-state index contributed by atoms with van der Waals surface area (Å²) in [6, 6.07) is 12.5. The van der Waals surface area contributed by atoms with Crippen LogP contribution in [0, 0.1) is 0 Å². The van der Waals surface area contributed by atoms with Gasteiger partial charge < -0.3 is 0 Å². The Kier molecular flexibility index (Phi) is 8.73. The van der Waals surface area contributed by atoms with E-state index in [0.717, 1.165) is 28.2 Å². The molecule has 0 amide bonds. The van der Waals surface area contributed by atoms with Crippen molar-refractivity contribution in [3.63, 3.8) is 0 Å². The number of rotatable bonds is 8. The molecule has 0 heterocycles. The Bertz CT molecular complexity index is 819. The van der Waals surface area contributed by atoms with Crippen LogP contribution in [0.4, 0.5) is 15.8 Å². The predicted molar refractivity (Wildman–Crippen MR) is 135 cm³/mol. The quantitative estimate of drug-likeness (QED) is 0.378. The smallest absolute Gasteiger partial charge is 0.195 e. The van der Waals surface area contributed by atoms with E-state index in [0.29, 0.717) is 11.8 Å². The Morgan fingerprint density at radius 3 is 1.29 bits per heavy atom. The lowest BCUT2D eigenvalue weighted by molar-refractivity contribution is 0.781. The molecule has 2 nitrogen and oxygen atoms in total. The van der Waals surface area contributed by atoms with Gasteiger partial charge in [-0.3, -0.25) is 4.99 Å². The molecule has 0 unspecified atom stereocenters. The molecule has 0 N–H and O–H groups in total. The minimum absolute atomic E-state index is 0.119. The summed E-state index contributed by atoms with van der Waals surface area (Å²) in [7, 11) is 0. The summed E-state index contributed by atoms with van der Waals surface area (Å²) in [6.45, 7) is 19.1. The minimum atomic E-state index is -0.385. The van der Waals surface area contributed by atoms with Gasteiger partial charge in [-0.1, -0.05) is 91.8 Å². The van der Waals surface area contributed by atoms with Crippen molar-refractivity contribution >= 4 is 23.1 Å². The second-order valence-electron chi connectivity index (χ2n) is 9.70. The molecule has 31 heavy (non-hydrogen) atoms. The normalized spacial score (nSPS) is 13.2. The van der Waals surface area contributed by atoms with E-state index in [-0.39, 0.29) is 24.2 Å². The fraction of sp³-hybridized carbons (Fsp3) is 0.500. The summed E-state index contributed by atoms with van der Waals surface area (Å²) >= 11 is 0. The second-order valence-corrected chi connectivity index (χ2v) is 9.70. The van der Waals surface area contributed by atoms with E-state index in [1.807, 2.05) is 13.0 Å². The zero-order valence-corrected chi connectivity index (χ0v) is 20.8. The van der Waals surface area contributed by atoms with Gasteiger partial charge in [0.25, 0.3) is 0 Å². The van der Waals surface area contributed by atoms with Crippen LogP contribution < -0.4 is 0 Å². The summed E-state index contributed by atoms with van der Waals surface area (Å²) < 4.78 is 15.1. The van der Waals surface area contributed by atoms with E-state index < -0.39 is 0 Å². The summed E-state index contributed by atoms with van der Waals surface area (Å²) in [4.78, 5) is 9.36. The highest BCUT2D eigenvalue weighted by Crippen LogP contribution is 2.36. The topological polar surface area (TPSA) is 24.7 Å². The number of benzene rings is 2. The van der Waals surface area contributed by atoms with Crippen LogP contribution in [0.25, 0.3) is 0 Å². The third-order valence-corrected chi connectivity index (χ3v) is 5.62. The highest BCUT2D eigenvalue weighted by molar-refractivity contribution is 6.01. The highest BCUT2D eigenvalue weighted by atomic mass is 19.1. The van der Waals surface area contributed by atoms with Crippen LogP contribution in [0.1, 0.15) is 115 Å². The molecule has 0 aliphatic heterocycles. The molecule has 168 valence electrons. The van der Waals surface area contributed by atoms with Gasteiger partial charge in [-0.15, -0.1) is 0 Å². The molecule has 0 spiro atoms. The fourth-order valence-corrected chi connectivity index (χ4v) is 3.88. The van der Waals surface area contributed by atoms with Crippen molar-refractivity contribution in [1.82, 2.24) is 0 Å². The van der Waals surface area contributed by atoms with E-state index in [1.54, 1.807) is 0 Å². The molecule has 0 atom stereocenters. The lowest BCUT2D eigenvalue weighted by atomic mass is 9.93. The molecule has 0 bridgehead atoms. The fourth-order valence-electron chi connectivity index (χ4n) is 3.88. The van der Waals surface area contributed by atoms with Crippen LogP contribution in [-0.2, 0) is 0 Å². The van der Waals surface area contributed by atoms with Crippen LogP contribution >= 0.6 is 0 Å². The van der Waals surface area contributed by atoms with Crippen molar-refractivity contribution in [2.75, 3.05) is 0 Å². The number of aliphatic imine (C=N–C) groups is 2. The van der Waals surface area contributed by atoms with Gasteiger partial charge in [0.1, 0.15) is 0 Å². The first-order valence-corrected chi connectivity index (χ1v) is 11.6. The highest BCUT2D eigenvalue weighted by Gasteiger charge is 2.16. The minimum Gasteiger partial charge on any atom is -0.257 e. The van der Waals surface area contributed by atoms with Gasteiger partial charge in [-0.25, -0.2) is 4.99 Å². The molecular weight excluding hydrogens is 383 g/mol. The van der Waals surface area contributed by atoms with Crippen molar-refractivity contribution in [2.24, 2.45) is 9.98 Å². The van der Waals surface area contributed by atoms with Crippen LogP contribution in [0.5, 0.6) is 0 Å². The maximum absolute atomic E-state index is 15.1. The van der Waals surface area contributed by atoms with E-state index in [4.69, 9.17) is 4.99 Å². The average Bonchev–Trinajstić information content (AvgIpc) is 2.67. The Hall–Kier alpha value is -2.29. The first-order chi connectivity index (χ1) is 14.5. The van der Waals surface area contributed by atoms with Gasteiger partial charge in [-0.05, 0) is 52.8 Å². The lowest BCUT2D eigenvalue weighted by Gasteiger charge is -2.17. The molecule has 0 fully saturated rings. The summed E-state index contributed by atoms with van der Waals surface area (Å²) in [6.07, 6.45) is 0.119. The maximum Gasteiger partial charge on any atom is 0.195 e. The lowest BCUT2D eigenvalue weighted by Crippen LogP contribution is -2.03. The van der Waals surface area contributed by atoms with Gasteiger partial charge in [0.2, 0.25) is 0 Å². The van der Waals surface area contributed by atoms with Gasteiger partial charge in [0.15, 0.2) is 5.97 Å². The third kappa shape index (κ3) is 6.35. The summed E-state index contributed by atoms with van der Waals surface area (Å²) in [5, 5.41) is 0. The first kappa shape index (κ1) is 25.0. The zero-order chi connectivity index (χ0) is 23.3. The molecule has 2 aromatic rings. The molecular formula is C28H39FN2. The monoisotopic (exact) mass is 422 g/mol. The van der Waals surface area contributed by atoms with Gasteiger partial charge >= 0.3 is 0 Å². The van der Waals surface area contributed by atoms with E-state index >= 15 is 4.39 Å². The van der Waals surface area contributed by atoms with Crippen molar-refractivity contribution in [1.29, 1.82) is 0 Å². The average molecular weight is 423 g/mol. The molecule has 0 radical (unpaired) electrons. The first-order valence-electron chi connectivity index (χ1n) is 11.6. The molecule has 0 aliphatic rings. The third-order valence-electron chi connectivity index (χ3n) is 5.62. The standard InChI is InChI=1S/C28H39FN2/c1-17(2)22-12-10-13-23(18(3)4)27(22)30-21(9)16-26(29)31-28-24(19(5)6)14-11-15-25(28)20(7)8/h10-15,17-20H,16H2,1-9H3.